The lowest BCUT2D eigenvalue weighted by atomic mass is 10.1. The van der Waals surface area contributed by atoms with Crippen molar-refractivity contribution in [1.82, 2.24) is 4.90 Å². The first-order chi connectivity index (χ1) is 7.15. The molecule has 1 aliphatic rings. The fourth-order valence-corrected chi connectivity index (χ4v) is 1.76. The molecule has 0 saturated carbocycles. The molecule has 2 atom stereocenters. The Hall–Kier alpha value is -0.610. The van der Waals surface area contributed by atoms with Crippen LogP contribution in [0.25, 0.3) is 0 Å². The molecule has 1 heterocycles. The Balaban J connectivity index is 2.18. The lowest BCUT2D eigenvalue weighted by Crippen LogP contribution is -2.32. The van der Waals surface area contributed by atoms with Crippen LogP contribution >= 0.6 is 0 Å². The fourth-order valence-electron chi connectivity index (χ4n) is 1.76. The molecule has 15 heavy (non-hydrogen) atoms. The van der Waals surface area contributed by atoms with Gasteiger partial charge in [0.05, 0.1) is 13.0 Å². The van der Waals surface area contributed by atoms with E-state index in [0.717, 1.165) is 19.6 Å². The van der Waals surface area contributed by atoms with E-state index in [0.29, 0.717) is 25.5 Å². The number of likely N-dealkylation sites (tertiary alicyclic amines) is 1. The summed E-state index contributed by atoms with van der Waals surface area (Å²) >= 11 is 0. The summed E-state index contributed by atoms with van der Waals surface area (Å²) in [6, 6.07) is 0.144. The summed E-state index contributed by atoms with van der Waals surface area (Å²) in [5, 5.41) is 0. The van der Waals surface area contributed by atoms with Crippen molar-refractivity contribution in [3.63, 3.8) is 0 Å². The number of rotatable bonds is 5. The minimum atomic E-state index is 0.144. The number of carbonyl (C=O) groups is 1. The van der Waals surface area contributed by atoms with Crippen molar-refractivity contribution in [2.24, 2.45) is 11.7 Å². The third-order valence-corrected chi connectivity index (χ3v) is 2.83. The van der Waals surface area contributed by atoms with Gasteiger partial charge in [-0.3, -0.25) is 4.79 Å². The molecule has 0 aliphatic carbocycles. The Morgan fingerprint density at radius 3 is 2.73 bits per heavy atom. The molecule has 1 amide bonds. The maximum atomic E-state index is 11.7. The van der Waals surface area contributed by atoms with E-state index in [2.05, 4.69) is 13.8 Å². The van der Waals surface area contributed by atoms with Gasteiger partial charge >= 0.3 is 0 Å². The molecule has 1 aliphatic heterocycles. The van der Waals surface area contributed by atoms with E-state index in [-0.39, 0.29) is 11.9 Å². The highest BCUT2D eigenvalue weighted by molar-refractivity contribution is 5.76. The van der Waals surface area contributed by atoms with E-state index in [9.17, 15) is 4.79 Å². The highest BCUT2D eigenvalue weighted by Crippen LogP contribution is 2.15. The van der Waals surface area contributed by atoms with E-state index in [1.807, 2.05) is 4.90 Å². The van der Waals surface area contributed by atoms with Crippen LogP contribution in [0.5, 0.6) is 0 Å². The highest BCUT2D eigenvalue weighted by atomic mass is 16.5. The van der Waals surface area contributed by atoms with E-state index in [1.165, 1.54) is 0 Å². The Morgan fingerprint density at radius 2 is 2.20 bits per heavy atom. The zero-order chi connectivity index (χ0) is 11.3. The molecule has 88 valence electrons. The molecule has 1 saturated heterocycles. The Bertz CT molecular complexity index is 199. The van der Waals surface area contributed by atoms with E-state index in [4.69, 9.17) is 10.5 Å². The van der Waals surface area contributed by atoms with Crippen molar-refractivity contribution in [3.05, 3.63) is 0 Å². The molecule has 0 radical (unpaired) electrons. The lowest BCUT2D eigenvalue weighted by Gasteiger charge is -2.15. The van der Waals surface area contributed by atoms with Crippen molar-refractivity contribution in [2.45, 2.75) is 32.7 Å². The molecule has 0 aromatic rings. The van der Waals surface area contributed by atoms with Crippen molar-refractivity contribution in [2.75, 3.05) is 26.3 Å². The Labute approximate surface area is 91.8 Å². The van der Waals surface area contributed by atoms with Gasteiger partial charge in [-0.15, -0.1) is 0 Å². The first-order valence-corrected chi connectivity index (χ1v) is 5.76. The van der Waals surface area contributed by atoms with Crippen LogP contribution in [0, 0.1) is 5.92 Å². The van der Waals surface area contributed by atoms with Gasteiger partial charge in [-0.2, -0.15) is 0 Å². The number of nitrogens with zero attached hydrogens (tertiary/aromatic N) is 1. The standard InChI is InChI=1S/C11H22N2O2/c1-3-5-15-6-4-11(14)13-7-9(2)10(12)8-13/h9-10H,3-8,12H2,1-2H3. The van der Waals surface area contributed by atoms with Gasteiger partial charge in [-0.25, -0.2) is 0 Å². The molecule has 0 spiro atoms. The van der Waals surface area contributed by atoms with Crippen LogP contribution in [0.2, 0.25) is 0 Å². The van der Waals surface area contributed by atoms with Gasteiger partial charge in [0.1, 0.15) is 0 Å². The normalized spacial score (nSPS) is 25.9. The molecule has 4 heteroatoms. The second-order valence-corrected chi connectivity index (χ2v) is 4.30. The molecule has 1 fully saturated rings. The zero-order valence-corrected chi connectivity index (χ0v) is 9.74. The van der Waals surface area contributed by atoms with Crippen LogP contribution < -0.4 is 5.73 Å². The van der Waals surface area contributed by atoms with Gasteiger partial charge < -0.3 is 15.4 Å². The topological polar surface area (TPSA) is 55.6 Å². The molecular formula is C11H22N2O2. The van der Waals surface area contributed by atoms with Crippen molar-refractivity contribution < 1.29 is 9.53 Å². The van der Waals surface area contributed by atoms with Crippen LogP contribution in [0.1, 0.15) is 26.7 Å². The van der Waals surface area contributed by atoms with Crippen LogP contribution in [0.3, 0.4) is 0 Å². The van der Waals surface area contributed by atoms with E-state index in [1.54, 1.807) is 0 Å². The van der Waals surface area contributed by atoms with Crippen molar-refractivity contribution in [3.8, 4) is 0 Å². The second kappa shape index (κ2) is 6.08. The second-order valence-electron chi connectivity index (χ2n) is 4.30. The maximum absolute atomic E-state index is 11.7. The van der Waals surface area contributed by atoms with Gasteiger partial charge in [-0.1, -0.05) is 13.8 Å². The summed E-state index contributed by atoms with van der Waals surface area (Å²) in [6.45, 7) is 6.92. The number of hydrogen-bond donors (Lipinski definition) is 1. The summed E-state index contributed by atoms with van der Waals surface area (Å²) in [5.41, 5.74) is 5.86. The van der Waals surface area contributed by atoms with Gasteiger partial charge in [0.2, 0.25) is 5.91 Å². The summed E-state index contributed by atoms with van der Waals surface area (Å²) < 4.78 is 5.29. The van der Waals surface area contributed by atoms with Crippen LogP contribution in [-0.4, -0.2) is 43.2 Å². The minimum Gasteiger partial charge on any atom is -0.381 e. The van der Waals surface area contributed by atoms with E-state index < -0.39 is 0 Å². The number of ether oxygens (including phenoxy) is 1. The van der Waals surface area contributed by atoms with Gasteiger partial charge in [0.25, 0.3) is 0 Å². The zero-order valence-electron chi connectivity index (χ0n) is 9.74. The molecule has 0 bridgehead atoms. The average Bonchev–Trinajstić information content (AvgIpc) is 2.54. The van der Waals surface area contributed by atoms with Crippen molar-refractivity contribution >= 4 is 5.91 Å². The Kier molecular flexibility index (Phi) is 5.05. The van der Waals surface area contributed by atoms with Crippen LogP contribution in [0.15, 0.2) is 0 Å². The highest BCUT2D eigenvalue weighted by Gasteiger charge is 2.29. The third kappa shape index (κ3) is 3.80. The monoisotopic (exact) mass is 214 g/mol. The molecule has 0 aromatic heterocycles. The van der Waals surface area contributed by atoms with Crippen LogP contribution in [0.4, 0.5) is 0 Å². The van der Waals surface area contributed by atoms with Gasteiger partial charge in [0.15, 0.2) is 0 Å². The molecule has 2 N–H and O–H groups in total. The molecular weight excluding hydrogens is 192 g/mol. The predicted octanol–water partition coefficient (Wildman–Crippen LogP) is 0.609. The summed E-state index contributed by atoms with van der Waals surface area (Å²) in [6.07, 6.45) is 1.49. The SMILES string of the molecule is CCCOCCC(=O)N1CC(C)C(N)C1. The summed E-state index contributed by atoms with van der Waals surface area (Å²) in [5.74, 6) is 0.594. The van der Waals surface area contributed by atoms with Crippen LogP contribution in [-0.2, 0) is 9.53 Å². The number of carbonyl (C=O) groups excluding carboxylic acids is 1. The largest absolute Gasteiger partial charge is 0.381 e. The molecule has 4 nitrogen and oxygen atoms in total. The smallest absolute Gasteiger partial charge is 0.224 e. The number of nitrogens with two attached hydrogens (primary N) is 1. The first-order valence-electron chi connectivity index (χ1n) is 5.76. The van der Waals surface area contributed by atoms with Crippen molar-refractivity contribution in [1.29, 1.82) is 0 Å². The lowest BCUT2D eigenvalue weighted by molar-refractivity contribution is -0.131. The third-order valence-electron chi connectivity index (χ3n) is 2.83. The maximum Gasteiger partial charge on any atom is 0.224 e. The number of hydrogen-bond acceptors (Lipinski definition) is 3. The fraction of sp³-hybridized carbons (Fsp3) is 0.909. The quantitative estimate of drug-likeness (QED) is 0.682. The number of amides is 1. The predicted molar refractivity (Wildman–Crippen MR) is 59.4 cm³/mol. The Morgan fingerprint density at radius 1 is 1.47 bits per heavy atom. The molecule has 1 rings (SSSR count). The molecule has 2 unspecified atom stereocenters. The average molecular weight is 214 g/mol. The first kappa shape index (κ1) is 12.5. The van der Waals surface area contributed by atoms with Gasteiger partial charge in [0, 0.05) is 25.7 Å². The van der Waals surface area contributed by atoms with E-state index >= 15 is 0 Å². The van der Waals surface area contributed by atoms with Gasteiger partial charge in [-0.05, 0) is 12.3 Å². The minimum absolute atomic E-state index is 0.144. The summed E-state index contributed by atoms with van der Waals surface area (Å²) in [4.78, 5) is 13.5. The molecule has 0 aromatic carbocycles. The summed E-state index contributed by atoms with van der Waals surface area (Å²) in [7, 11) is 0.